The molecule has 5 heteroatoms. The van der Waals surface area contributed by atoms with Gasteiger partial charge in [-0.3, -0.25) is 10.2 Å². The number of rotatable bonds is 0. The summed E-state index contributed by atoms with van der Waals surface area (Å²) in [5.74, 6) is -0.341. The number of hydrogen-bond acceptors (Lipinski definition) is 3. The first-order valence-electron chi connectivity index (χ1n) is 3.21. The lowest BCUT2D eigenvalue weighted by molar-refractivity contribution is -0.134. The summed E-state index contributed by atoms with van der Waals surface area (Å²) < 4.78 is 4.89. The molecule has 0 aromatic carbocycles. The SMILES string of the molecule is CC(=O)O.N=C1COCCN1. The normalized spacial score (nSPS) is 15.9. The number of aliphatic carboxylic acids is 1. The van der Waals surface area contributed by atoms with E-state index in [9.17, 15) is 0 Å². The highest BCUT2D eigenvalue weighted by Gasteiger charge is 2.00. The summed E-state index contributed by atoms with van der Waals surface area (Å²) in [6.45, 7) is 3.07. The zero-order chi connectivity index (χ0) is 8.69. The number of carboxylic acids is 1. The third-order valence-electron chi connectivity index (χ3n) is 0.831. The van der Waals surface area contributed by atoms with Crippen LogP contribution < -0.4 is 5.32 Å². The van der Waals surface area contributed by atoms with Crippen molar-refractivity contribution in [2.45, 2.75) is 6.92 Å². The minimum Gasteiger partial charge on any atom is -0.481 e. The Kier molecular flexibility index (Phi) is 5.10. The molecule has 1 heterocycles. The summed E-state index contributed by atoms with van der Waals surface area (Å²) in [5.41, 5.74) is 0. The third-order valence-corrected chi connectivity index (χ3v) is 0.831. The zero-order valence-corrected chi connectivity index (χ0v) is 6.39. The van der Waals surface area contributed by atoms with E-state index in [-0.39, 0.29) is 0 Å². The van der Waals surface area contributed by atoms with E-state index in [2.05, 4.69) is 5.32 Å². The quantitative estimate of drug-likeness (QED) is 0.453. The summed E-state index contributed by atoms with van der Waals surface area (Å²) in [6.07, 6.45) is 0. The van der Waals surface area contributed by atoms with Gasteiger partial charge in [-0.25, -0.2) is 0 Å². The fourth-order valence-corrected chi connectivity index (χ4v) is 0.499. The molecule has 0 saturated carbocycles. The van der Waals surface area contributed by atoms with Gasteiger partial charge in [-0.1, -0.05) is 0 Å². The highest BCUT2D eigenvalue weighted by Crippen LogP contribution is 1.80. The average Bonchev–Trinajstić information content (AvgIpc) is 1.87. The Morgan fingerprint density at radius 2 is 2.36 bits per heavy atom. The van der Waals surface area contributed by atoms with Gasteiger partial charge in [0.05, 0.1) is 6.61 Å². The first-order valence-corrected chi connectivity index (χ1v) is 3.21. The molecule has 0 spiro atoms. The number of ether oxygens (including phenoxy) is 1. The second-order valence-electron chi connectivity index (χ2n) is 1.98. The number of carboxylic acid groups (broad SMARTS) is 1. The molecule has 64 valence electrons. The maximum Gasteiger partial charge on any atom is 0.300 e. The Bertz CT molecular complexity index is 135. The van der Waals surface area contributed by atoms with E-state index < -0.39 is 5.97 Å². The minimum atomic E-state index is -0.833. The van der Waals surface area contributed by atoms with E-state index in [0.717, 1.165) is 20.1 Å². The molecule has 0 unspecified atom stereocenters. The van der Waals surface area contributed by atoms with Gasteiger partial charge in [0.25, 0.3) is 5.97 Å². The Morgan fingerprint density at radius 3 is 2.55 bits per heavy atom. The summed E-state index contributed by atoms with van der Waals surface area (Å²) in [5, 5.41) is 17.2. The first kappa shape index (κ1) is 9.90. The fourth-order valence-electron chi connectivity index (χ4n) is 0.499. The monoisotopic (exact) mass is 160 g/mol. The zero-order valence-electron chi connectivity index (χ0n) is 6.39. The molecule has 0 amide bonds. The van der Waals surface area contributed by atoms with Gasteiger partial charge in [0.15, 0.2) is 0 Å². The summed E-state index contributed by atoms with van der Waals surface area (Å²) in [4.78, 5) is 9.00. The largest absolute Gasteiger partial charge is 0.481 e. The van der Waals surface area contributed by atoms with Crippen LogP contribution in [0.5, 0.6) is 0 Å². The van der Waals surface area contributed by atoms with Crippen molar-refractivity contribution in [1.29, 1.82) is 5.41 Å². The van der Waals surface area contributed by atoms with Crippen molar-refractivity contribution in [2.24, 2.45) is 0 Å². The lowest BCUT2D eigenvalue weighted by Crippen LogP contribution is -2.35. The first-order chi connectivity index (χ1) is 5.13. The van der Waals surface area contributed by atoms with Crippen molar-refractivity contribution in [2.75, 3.05) is 19.8 Å². The van der Waals surface area contributed by atoms with E-state index in [0.29, 0.717) is 12.4 Å². The van der Waals surface area contributed by atoms with Crippen LogP contribution in [-0.4, -0.2) is 36.7 Å². The van der Waals surface area contributed by atoms with Gasteiger partial charge in [0, 0.05) is 13.5 Å². The van der Waals surface area contributed by atoms with Gasteiger partial charge < -0.3 is 15.2 Å². The van der Waals surface area contributed by atoms with E-state index in [1.165, 1.54) is 0 Å². The molecule has 0 aromatic heterocycles. The van der Waals surface area contributed by atoms with E-state index in [1.54, 1.807) is 0 Å². The Labute approximate surface area is 64.9 Å². The highest BCUT2D eigenvalue weighted by molar-refractivity contribution is 5.80. The molecule has 0 bridgehead atoms. The van der Waals surface area contributed by atoms with Crippen molar-refractivity contribution in [3.63, 3.8) is 0 Å². The van der Waals surface area contributed by atoms with Gasteiger partial charge >= 0.3 is 0 Å². The predicted octanol–water partition coefficient (Wildman–Crippen LogP) is -0.326. The maximum absolute atomic E-state index is 9.00. The molecule has 1 aliphatic rings. The number of nitrogens with one attached hydrogen (secondary N) is 2. The molecule has 11 heavy (non-hydrogen) atoms. The van der Waals surface area contributed by atoms with Crippen LogP contribution in [0.1, 0.15) is 6.92 Å². The molecule has 5 nitrogen and oxygen atoms in total. The second-order valence-corrected chi connectivity index (χ2v) is 1.98. The number of carbonyl (C=O) groups is 1. The Morgan fingerprint density at radius 1 is 1.82 bits per heavy atom. The van der Waals surface area contributed by atoms with Crippen LogP contribution in [0.15, 0.2) is 0 Å². The molecule has 1 fully saturated rings. The van der Waals surface area contributed by atoms with Crippen LogP contribution in [0.4, 0.5) is 0 Å². The summed E-state index contributed by atoms with van der Waals surface area (Å²) in [6, 6.07) is 0. The molecule has 1 rings (SSSR count). The van der Waals surface area contributed by atoms with Crippen molar-refractivity contribution in [1.82, 2.24) is 5.32 Å². The average molecular weight is 160 g/mol. The van der Waals surface area contributed by atoms with Crippen LogP contribution >= 0.6 is 0 Å². The number of hydrogen-bond donors (Lipinski definition) is 3. The standard InChI is InChI=1S/C4H8N2O.C2H4O2/c5-4-3-7-2-1-6-4;1-2(3)4/h1-3H2,(H2,5,6);1H3,(H,3,4). The van der Waals surface area contributed by atoms with Gasteiger partial charge in [-0.05, 0) is 0 Å². The molecule has 0 aromatic rings. The molecular weight excluding hydrogens is 148 g/mol. The number of amidine groups is 1. The number of morpholine rings is 1. The predicted molar refractivity (Wildman–Crippen MR) is 39.9 cm³/mol. The lowest BCUT2D eigenvalue weighted by atomic mass is 10.5. The van der Waals surface area contributed by atoms with Gasteiger partial charge in [0.1, 0.15) is 12.4 Å². The molecule has 3 N–H and O–H groups in total. The van der Waals surface area contributed by atoms with E-state index >= 15 is 0 Å². The van der Waals surface area contributed by atoms with Crippen molar-refractivity contribution < 1.29 is 14.6 Å². The second kappa shape index (κ2) is 5.67. The van der Waals surface area contributed by atoms with Crippen molar-refractivity contribution in [3.8, 4) is 0 Å². The topological polar surface area (TPSA) is 82.4 Å². The van der Waals surface area contributed by atoms with Gasteiger partial charge in [-0.15, -0.1) is 0 Å². The van der Waals surface area contributed by atoms with Crippen LogP contribution in [0.3, 0.4) is 0 Å². The lowest BCUT2D eigenvalue weighted by Gasteiger charge is -2.13. The third kappa shape index (κ3) is 8.90. The van der Waals surface area contributed by atoms with Gasteiger partial charge in [0.2, 0.25) is 0 Å². The maximum atomic E-state index is 9.00. The Hall–Kier alpha value is -1.10. The molecule has 0 atom stereocenters. The van der Waals surface area contributed by atoms with Crippen LogP contribution in [0.25, 0.3) is 0 Å². The van der Waals surface area contributed by atoms with Gasteiger partial charge in [-0.2, -0.15) is 0 Å². The van der Waals surface area contributed by atoms with E-state index in [4.69, 9.17) is 20.0 Å². The smallest absolute Gasteiger partial charge is 0.300 e. The van der Waals surface area contributed by atoms with Crippen LogP contribution in [-0.2, 0) is 9.53 Å². The Balaban J connectivity index is 0.000000218. The highest BCUT2D eigenvalue weighted by atomic mass is 16.5. The molecule has 1 saturated heterocycles. The summed E-state index contributed by atoms with van der Waals surface area (Å²) in [7, 11) is 0. The van der Waals surface area contributed by atoms with Crippen molar-refractivity contribution >= 4 is 11.8 Å². The molecule has 1 aliphatic heterocycles. The summed E-state index contributed by atoms with van der Waals surface area (Å²) >= 11 is 0. The van der Waals surface area contributed by atoms with Crippen molar-refractivity contribution in [3.05, 3.63) is 0 Å². The van der Waals surface area contributed by atoms with Crippen LogP contribution in [0.2, 0.25) is 0 Å². The molecule has 0 radical (unpaired) electrons. The van der Waals surface area contributed by atoms with Crippen LogP contribution in [0, 0.1) is 5.41 Å². The molecular formula is C6H12N2O3. The fraction of sp³-hybridized carbons (Fsp3) is 0.667. The molecule has 0 aliphatic carbocycles. The van der Waals surface area contributed by atoms with E-state index in [1.807, 2.05) is 0 Å². The minimum absolute atomic E-state index is 0.458.